The van der Waals surface area contributed by atoms with Gasteiger partial charge in [-0.05, 0) is 51.8 Å². The van der Waals surface area contributed by atoms with Crippen LogP contribution in [0.2, 0.25) is 0 Å². The molecule has 0 aromatic heterocycles. The van der Waals surface area contributed by atoms with E-state index in [1.165, 1.54) is 4.90 Å². The lowest BCUT2D eigenvalue weighted by Crippen LogP contribution is -2.42. The summed E-state index contributed by atoms with van der Waals surface area (Å²) < 4.78 is 5.01. The zero-order chi connectivity index (χ0) is 18.2. The molecule has 0 atom stereocenters. The fourth-order valence-electron chi connectivity index (χ4n) is 3.20. The molecule has 0 N–H and O–H groups in total. The Bertz CT molecular complexity index is 556. The first-order valence-corrected chi connectivity index (χ1v) is 9.16. The van der Waals surface area contributed by atoms with Crippen LogP contribution >= 0.6 is 0 Å². The van der Waals surface area contributed by atoms with Gasteiger partial charge in [-0.2, -0.15) is 0 Å². The first-order valence-electron chi connectivity index (χ1n) is 9.16. The number of hydrogen-bond acceptors (Lipinski definition) is 4. The number of carbonyl (C=O) groups excluding carboxylic acids is 2. The second-order valence-corrected chi connectivity index (χ2v) is 6.13. The Morgan fingerprint density at radius 1 is 1.16 bits per heavy atom. The Hall–Kier alpha value is -2.24. The molecular weight excluding hydrogens is 318 g/mol. The van der Waals surface area contributed by atoms with E-state index in [4.69, 9.17) is 4.74 Å². The van der Waals surface area contributed by atoms with E-state index in [1.807, 2.05) is 37.0 Å². The first kappa shape index (κ1) is 19.1. The predicted molar refractivity (Wildman–Crippen MR) is 97.4 cm³/mol. The molecule has 6 nitrogen and oxygen atoms in total. The van der Waals surface area contributed by atoms with Gasteiger partial charge < -0.3 is 14.5 Å². The summed E-state index contributed by atoms with van der Waals surface area (Å²) in [6, 6.07) is 0. The molecule has 6 heteroatoms. The van der Waals surface area contributed by atoms with Crippen LogP contribution in [0.5, 0.6) is 0 Å². The Kier molecular flexibility index (Phi) is 7.10. The third-order valence-corrected chi connectivity index (χ3v) is 4.68. The van der Waals surface area contributed by atoms with Crippen molar-refractivity contribution in [1.82, 2.24) is 14.7 Å². The summed E-state index contributed by atoms with van der Waals surface area (Å²) in [4.78, 5) is 29.9. The molecule has 0 aromatic rings. The van der Waals surface area contributed by atoms with Crippen LogP contribution in [0.15, 0.2) is 36.3 Å². The molecule has 1 saturated heterocycles. The molecular formula is C19H29N3O3. The number of nitrogens with zero attached hydrogens (tertiary/aromatic N) is 3. The zero-order valence-electron chi connectivity index (χ0n) is 15.5. The van der Waals surface area contributed by atoms with E-state index in [-0.39, 0.29) is 17.9 Å². The monoisotopic (exact) mass is 347 g/mol. The highest BCUT2D eigenvalue weighted by Crippen LogP contribution is 2.23. The van der Waals surface area contributed by atoms with E-state index in [0.717, 1.165) is 44.7 Å². The lowest BCUT2D eigenvalue weighted by atomic mass is 9.94. The summed E-state index contributed by atoms with van der Waals surface area (Å²) in [6.07, 6.45) is 10.5. The summed E-state index contributed by atoms with van der Waals surface area (Å²) in [7, 11) is 0. The lowest BCUT2D eigenvalue weighted by molar-refractivity contribution is -0.136. The van der Waals surface area contributed by atoms with Gasteiger partial charge in [0.05, 0.1) is 6.61 Å². The molecule has 0 radical (unpaired) electrons. The fourth-order valence-corrected chi connectivity index (χ4v) is 3.20. The van der Waals surface area contributed by atoms with Crippen molar-refractivity contribution in [3.8, 4) is 0 Å². The van der Waals surface area contributed by atoms with Gasteiger partial charge in [-0.3, -0.25) is 9.69 Å². The molecule has 1 fully saturated rings. The van der Waals surface area contributed by atoms with Crippen molar-refractivity contribution in [3.63, 3.8) is 0 Å². The van der Waals surface area contributed by atoms with Crippen LogP contribution < -0.4 is 0 Å². The standard InChI is InChI=1S/C19H29N3O3/c1-4-20(5-2)18(23)16-9-13-21(14-10-16)17-8-7-12-22(15-11-17)19(24)25-6-3/h7-8,11-12,15-16H,4-6,9-10,13-14H2,1-3H3. The van der Waals surface area contributed by atoms with Crippen molar-refractivity contribution < 1.29 is 14.3 Å². The van der Waals surface area contributed by atoms with Gasteiger partial charge in [0.25, 0.3) is 0 Å². The maximum atomic E-state index is 12.5. The van der Waals surface area contributed by atoms with Gasteiger partial charge in [0.1, 0.15) is 0 Å². The third-order valence-electron chi connectivity index (χ3n) is 4.68. The van der Waals surface area contributed by atoms with E-state index >= 15 is 0 Å². The van der Waals surface area contributed by atoms with Crippen LogP contribution in [0.4, 0.5) is 4.79 Å². The van der Waals surface area contributed by atoms with Crippen LogP contribution in [0.25, 0.3) is 0 Å². The number of amides is 2. The maximum absolute atomic E-state index is 12.5. The Balaban J connectivity index is 1.92. The van der Waals surface area contributed by atoms with Crippen molar-refractivity contribution in [2.75, 3.05) is 32.8 Å². The van der Waals surface area contributed by atoms with Crippen LogP contribution in [0, 0.1) is 5.92 Å². The Labute approximate surface area is 150 Å². The van der Waals surface area contributed by atoms with E-state index in [2.05, 4.69) is 4.90 Å². The zero-order valence-corrected chi connectivity index (χ0v) is 15.5. The summed E-state index contributed by atoms with van der Waals surface area (Å²) >= 11 is 0. The molecule has 138 valence electrons. The highest BCUT2D eigenvalue weighted by atomic mass is 16.5. The molecule has 2 heterocycles. The molecule has 25 heavy (non-hydrogen) atoms. The largest absolute Gasteiger partial charge is 0.449 e. The molecule has 0 spiro atoms. The van der Waals surface area contributed by atoms with E-state index in [1.54, 1.807) is 19.3 Å². The van der Waals surface area contributed by atoms with E-state index in [0.29, 0.717) is 6.61 Å². The lowest BCUT2D eigenvalue weighted by Gasteiger charge is -2.35. The number of allylic oxidation sites excluding steroid dienone is 3. The SMILES string of the molecule is CCOC(=O)N1C=CC=C(N2CCC(C(=O)N(CC)CC)CC2)C=C1. The summed E-state index contributed by atoms with van der Waals surface area (Å²) in [5, 5.41) is 0. The maximum Gasteiger partial charge on any atom is 0.417 e. The minimum Gasteiger partial charge on any atom is -0.449 e. The summed E-state index contributed by atoms with van der Waals surface area (Å²) in [6.45, 7) is 9.44. The predicted octanol–water partition coefficient (Wildman–Crippen LogP) is 2.95. The Morgan fingerprint density at radius 3 is 2.44 bits per heavy atom. The minimum absolute atomic E-state index is 0.123. The number of ether oxygens (including phenoxy) is 1. The van der Waals surface area contributed by atoms with Crippen molar-refractivity contribution in [3.05, 3.63) is 36.3 Å². The molecule has 0 bridgehead atoms. The van der Waals surface area contributed by atoms with Gasteiger partial charge in [-0.15, -0.1) is 0 Å². The van der Waals surface area contributed by atoms with Crippen molar-refractivity contribution in [2.45, 2.75) is 33.6 Å². The summed E-state index contributed by atoms with van der Waals surface area (Å²) in [5.74, 6) is 0.404. The smallest absolute Gasteiger partial charge is 0.417 e. The number of carbonyl (C=O) groups is 2. The van der Waals surface area contributed by atoms with Gasteiger partial charge in [-0.25, -0.2) is 4.79 Å². The van der Waals surface area contributed by atoms with E-state index in [9.17, 15) is 9.59 Å². The molecule has 2 aliphatic rings. The van der Waals surface area contributed by atoms with Crippen LogP contribution in [0.3, 0.4) is 0 Å². The van der Waals surface area contributed by atoms with Gasteiger partial charge in [-0.1, -0.05) is 0 Å². The highest BCUT2D eigenvalue weighted by molar-refractivity contribution is 5.79. The molecule has 2 rings (SSSR count). The number of rotatable bonds is 5. The highest BCUT2D eigenvalue weighted by Gasteiger charge is 2.28. The second kappa shape index (κ2) is 9.30. The molecule has 0 aliphatic carbocycles. The number of likely N-dealkylation sites (tertiary alicyclic amines) is 1. The molecule has 2 aliphatic heterocycles. The molecule has 0 unspecified atom stereocenters. The van der Waals surface area contributed by atoms with Crippen molar-refractivity contribution in [1.29, 1.82) is 0 Å². The van der Waals surface area contributed by atoms with Crippen molar-refractivity contribution in [2.24, 2.45) is 5.92 Å². The average Bonchev–Trinajstić information content (AvgIpc) is 2.89. The topological polar surface area (TPSA) is 53.1 Å². The minimum atomic E-state index is -0.381. The van der Waals surface area contributed by atoms with Gasteiger partial charge >= 0.3 is 6.09 Å². The van der Waals surface area contributed by atoms with E-state index < -0.39 is 0 Å². The summed E-state index contributed by atoms with van der Waals surface area (Å²) in [5.41, 5.74) is 1.05. The first-order chi connectivity index (χ1) is 12.1. The van der Waals surface area contributed by atoms with Crippen LogP contribution in [-0.2, 0) is 9.53 Å². The third kappa shape index (κ3) is 4.87. The number of hydrogen-bond donors (Lipinski definition) is 0. The van der Waals surface area contributed by atoms with Gasteiger partial charge in [0.2, 0.25) is 5.91 Å². The van der Waals surface area contributed by atoms with Crippen molar-refractivity contribution >= 4 is 12.0 Å². The quantitative estimate of drug-likeness (QED) is 0.767. The molecule has 2 amide bonds. The normalized spacial score (nSPS) is 18.0. The number of piperidine rings is 1. The molecule has 0 saturated carbocycles. The van der Waals surface area contributed by atoms with Gasteiger partial charge in [0.15, 0.2) is 0 Å². The second-order valence-electron chi connectivity index (χ2n) is 6.13. The van der Waals surface area contributed by atoms with Crippen LogP contribution in [0.1, 0.15) is 33.6 Å². The Morgan fingerprint density at radius 2 is 1.84 bits per heavy atom. The fraction of sp³-hybridized carbons (Fsp3) is 0.579. The molecule has 0 aromatic carbocycles. The van der Waals surface area contributed by atoms with Gasteiger partial charge in [0, 0.05) is 50.2 Å². The van der Waals surface area contributed by atoms with Crippen LogP contribution in [-0.4, -0.2) is 59.5 Å². The average molecular weight is 347 g/mol.